The zero-order chi connectivity index (χ0) is 8.69. The van der Waals surface area contributed by atoms with E-state index in [1.54, 1.807) is 5.57 Å². The number of hydrogen-bond donors (Lipinski definition) is 0. The third kappa shape index (κ3) is 4.23. The van der Waals surface area contributed by atoms with Crippen LogP contribution in [0.2, 0.25) is 0 Å². The van der Waals surface area contributed by atoms with E-state index in [9.17, 15) is 0 Å². The standard InChI is InChI=1S/C11H22/c1-5-10(6-2)9-11(7-3)8-4/h5,11H,6-9H2,1-4H3. The Morgan fingerprint density at radius 2 is 1.73 bits per heavy atom. The van der Waals surface area contributed by atoms with Crippen LogP contribution in [0.5, 0.6) is 0 Å². The monoisotopic (exact) mass is 154 g/mol. The Labute approximate surface area is 71.7 Å². The van der Waals surface area contributed by atoms with Crippen molar-refractivity contribution in [3.05, 3.63) is 11.6 Å². The molecule has 0 nitrogen and oxygen atoms in total. The number of rotatable bonds is 5. The lowest BCUT2D eigenvalue weighted by molar-refractivity contribution is 0.483. The summed E-state index contributed by atoms with van der Waals surface area (Å²) in [5.74, 6) is 0.918. The van der Waals surface area contributed by atoms with Crippen LogP contribution >= 0.6 is 0 Å². The maximum Gasteiger partial charge on any atom is -0.0292 e. The molecule has 11 heavy (non-hydrogen) atoms. The lowest BCUT2D eigenvalue weighted by atomic mass is 9.93. The van der Waals surface area contributed by atoms with Gasteiger partial charge in [0.1, 0.15) is 0 Å². The number of hydrogen-bond acceptors (Lipinski definition) is 0. The molecule has 0 atom stereocenters. The van der Waals surface area contributed by atoms with Crippen molar-refractivity contribution >= 4 is 0 Å². The minimum atomic E-state index is 0.918. The summed E-state index contributed by atoms with van der Waals surface area (Å²) in [6.07, 6.45) is 7.48. The van der Waals surface area contributed by atoms with E-state index < -0.39 is 0 Å². The summed E-state index contributed by atoms with van der Waals surface area (Å²) < 4.78 is 0. The molecule has 0 heterocycles. The van der Waals surface area contributed by atoms with Crippen LogP contribution in [0.4, 0.5) is 0 Å². The molecule has 0 aromatic rings. The molecule has 0 bridgehead atoms. The Morgan fingerprint density at radius 1 is 1.18 bits per heavy atom. The second kappa shape index (κ2) is 6.45. The van der Waals surface area contributed by atoms with Gasteiger partial charge >= 0.3 is 0 Å². The van der Waals surface area contributed by atoms with Crippen molar-refractivity contribution in [3.8, 4) is 0 Å². The molecule has 0 aliphatic heterocycles. The Bertz CT molecular complexity index is 107. The molecule has 0 saturated heterocycles. The normalized spacial score (nSPS) is 12.6. The predicted molar refractivity (Wildman–Crippen MR) is 52.7 cm³/mol. The zero-order valence-electron chi connectivity index (χ0n) is 8.48. The van der Waals surface area contributed by atoms with Crippen molar-refractivity contribution in [3.63, 3.8) is 0 Å². The van der Waals surface area contributed by atoms with Gasteiger partial charge in [0.05, 0.1) is 0 Å². The van der Waals surface area contributed by atoms with Crippen LogP contribution in [-0.2, 0) is 0 Å². The summed E-state index contributed by atoms with van der Waals surface area (Å²) in [7, 11) is 0. The molecule has 0 N–H and O–H groups in total. The Kier molecular flexibility index (Phi) is 6.30. The van der Waals surface area contributed by atoms with Crippen molar-refractivity contribution < 1.29 is 0 Å². The molecule has 0 heteroatoms. The summed E-state index contributed by atoms with van der Waals surface area (Å²) in [6.45, 7) is 8.98. The summed E-state index contributed by atoms with van der Waals surface area (Å²) >= 11 is 0. The van der Waals surface area contributed by atoms with Crippen LogP contribution in [0.25, 0.3) is 0 Å². The van der Waals surface area contributed by atoms with Crippen LogP contribution < -0.4 is 0 Å². The topological polar surface area (TPSA) is 0 Å². The highest BCUT2D eigenvalue weighted by atomic mass is 14.1. The maximum atomic E-state index is 2.29. The summed E-state index contributed by atoms with van der Waals surface area (Å²) in [4.78, 5) is 0. The third-order valence-electron chi connectivity index (χ3n) is 2.57. The van der Waals surface area contributed by atoms with Crippen LogP contribution in [0.3, 0.4) is 0 Å². The smallest absolute Gasteiger partial charge is 0.0292 e. The minimum absolute atomic E-state index is 0.918. The average molecular weight is 154 g/mol. The third-order valence-corrected chi connectivity index (χ3v) is 2.57. The van der Waals surface area contributed by atoms with Gasteiger partial charge in [0.2, 0.25) is 0 Å². The van der Waals surface area contributed by atoms with E-state index in [2.05, 4.69) is 33.8 Å². The van der Waals surface area contributed by atoms with Crippen LogP contribution in [-0.4, -0.2) is 0 Å². The van der Waals surface area contributed by atoms with Gasteiger partial charge in [-0.2, -0.15) is 0 Å². The van der Waals surface area contributed by atoms with E-state index in [0.29, 0.717) is 0 Å². The lowest BCUT2D eigenvalue weighted by Crippen LogP contribution is -1.98. The minimum Gasteiger partial charge on any atom is -0.0885 e. The molecular weight excluding hydrogens is 132 g/mol. The predicted octanol–water partition coefficient (Wildman–Crippen LogP) is 4.17. The average Bonchev–Trinajstić information content (AvgIpc) is 2.07. The van der Waals surface area contributed by atoms with Gasteiger partial charge in [-0.05, 0) is 25.7 Å². The second-order valence-corrected chi connectivity index (χ2v) is 3.19. The van der Waals surface area contributed by atoms with Crippen molar-refractivity contribution in [2.24, 2.45) is 5.92 Å². The highest BCUT2D eigenvalue weighted by molar-refractivity contribution is 5.00. The summed E-state index contributed by atoms with van der Waals surface area (Å²) in [6, 6.07) is 0. The van der Waals surface area contributed by atoms with E-state index >= 15 is 0 Å². The first-order chi connectivity index (χ1) is 5.28. The highest BCUT2D eigenvalue weighted by Gasteiger charge is 2.04. The van der Waals surface area contributed by atoms with Gasteiger partial charge in [-0.3, -0.25) is 0 Å². The molecule has 0 spiro atoms. The van der Waals surface area contributed by atoms with Gasteiger partial charge in [0.15, 0.2) is 0 Å². The van der Waals surface area contributed by atoms with Gasteiger partial charge < -0.3 is 0 Å². The lowest BCUT2D eigenvalue weighted by Gasteiger charge is -2.13. The highest BCUT2D eigenvalue weighted by Crippen LogP contribution is 2.19. The molecule has 0 rings (SSSR count). The van der Waals surface area contributed by atoms with Gasteiger partial charge in [-0.15, -0.1) is 0 Å². The largest absolute Gasteiger partial charge is 0.0885 e. The van der Waals surface area contributed by atoms with Crippen LogP contribution in [0.15, 0.2) is 11.6 Å². The van der Waals surface area contributed by atoms with E-state index in [-0.39, 0.29) is 0 Å². The summed E-state index contributed by atoms with van der Waals surface area (Å²) in [5, 5.41) is 0. The molecule has 0 radical (unpaired) electrons. The molecule has 0 aliphatic rings. The summed E-state index contributed by atoms with van der Waals surface area (Å²) in [5.41, 5.74) is 1.62. The van der Waals surface area contributed by atoms with Crippen molar-refractivity contribution in [1.82, 2.24) is 0 Å². The molecule has 0 aromatic carbocycles. The molecule has 0 saturated carbocycles. The van der Waals surface area contributed by atoms with Crippen LogP contribution in [0.1, 0.15) is 53.4 Å². The van der Waals surface area contributed by atoms with Gasteiger partial charge in [0.25, 0.3) is 0 Å². The zero-order valence-corrected chi connectivity index (χ0v) is 8.48. The molecule has 66 valence electrons. The van der Waals surface area contributed by atoms with Crippen molar-refractivity contribution in [2.75, 3.05) is 0 Å². The van der Waals surface area contributed by atoms with E-state index in [1.165, 1.54) is 25.7 Å². The fourth-order valence-electron chi connectivity index (χ4n) is 1.41. The Balaban J connectivity index is 3.78. The quantitative estimate of drug-likeness (QED) is 0.521. The first-order valence-corrected chi connectivity index (χ1v) is 4.92. The van der Waals surface area contributed by atoms with Gasteiger partial charge in [-0.25, -0.2) is 0 Å². The molecule has 0 fully saturated rings. The van der Waals surface area contributed by atoms with Crippen molar-refractivity contribution in [1.29, 1.82) is 0 Å². The van der Waals surface area contributed by atoms with E-state index in [0.717, 1.165) is 5.92 Å². The molecule has 0 aromatic heterocycles. The Morgan fingerprint density at radius 3 is 2.00 bits per heavy atom. The van der Waals surface area contributed by atoms with Gasteiger partial charge in [-0.1, -0.05) is 45.3 Å². The second-order valence-electron chi connectivity index (χ2n) is 3.19. The Hall–Kier alpha value is -0.260. The molecular formula is C11H22. The SMILES string of the molecule is CC=C(CC)CC(CC)CC. The molecule has 0 aliphatic carbocycles. The molecule has 0 unspecified atom stereocenters. The fraction of sp³-hybridized carbons (Fsp3) is 0.818. The van der Waals surface area contributed by atoms with Gasteiger partial charge in [0, 0.05) is 0 Å². The van der Waals surface area contributed by atoms with Crippen molar-refractivity contribution in [2.45, 2.75) is 53.4 Å². The molecule has 0 amide bonds. The number of allylic oxidation sites excluding steroid dienone is 2. The van der Waals surface area contributed by atoms with Crippen LogP contribution in [0, 0.1) is 5.92 Å². The van der Waals surface area contributed by atoms with E-state index in [4.69, 9.17) is 0 Å². The van der Waals surface area contributed by atoms with E-state index in [1.807, 2.05) is 0 Å². The first kappa shape index (κ1) is 10.7. The fourth-order valence-corrected chi connectivity index (χ4v) is 1.41. The maximum absolute atomic E-state index is 2.29. The first-order valence-electron chi connectivity index (χ1n) is 4.92.